The maximum atomic E-state index is 5.48. The van der Waals surface area contributed by atoms with Gasteiger partial charge >= 0.3 is 0 Å². The molecule has 0 aliphatic heterocycles. The first-order chi connectivity index (χ1) is 7.66. The quantitative estimate of drug-likeness (QED) is 0.750. The van der Waals surface area contributed by atoms with Gasteiger partial charge in [-0.3, -0.25) is 0 Å². The number of hydrogen-bond acceptors (Lipinski definition) is 1. The summed E-state index contributed by atoms with van der Waals surface area (Å²) in [6.07, 6.45) is 2.70. The van der Waals surface area contributed by atoms with E-state index in [-0.39, 0.29) is 4.83 Å². The van der Waals surface area contributed by atoms with Crippen LogP contribution in [0.1, 0.15) is 27.3 Å². The normalized spacial score (nSPS) is 12.7. The van der Waals surface area contributed by atoms with Crippen LogP contribution in [0.15, 0.2) is 41.0 Å². The zero-order chi connectivity index (χ0) is 11.5. The number of benzene rings is 1. The van der Waals surface area contributed by atoms with Gasteiger partial charge in [-0.25, -0.2) is 0 Å². The Hall–Kier alpha value is -1.02. The predicted octanol–water partition coefficient (Wildman–Crippen LogP) is 4.58. The molecule has 1 aromatic carbocycles. The minimum atomic E-state index is 0.255. The lowest BCUT2D eigenvalue weighted by Gasteiger charge is -2.08. The molecule has 16 heavy (non-hydrogen) atoms. The summed E-state index contributed by atoms with van der Waals surface area (Å²) in [4.78, 5) is 0.255. The molecule has 1 aromatic heterocycles. The van der Waals surface area contributed by atoms with Crippen molar-refractivity contribution in [2.75, 3.05) is 0 Å². The van der Waals surface area contributed by atoms with Gasteiger partial charge in [-0.05, 0) is 37.5 Å². The Kier molecular flexibility index (Phi) is 3.49. The highest BCUT2D eigenvalue weighted by atomic mass is 79.9. The maximum absolute atomic E-state index is 5.48. The van der Waals surface area contributed by atoms with E-state index in [9.17, 15) is 0 Å². The molecule has 0 spiro atoms. The standard InChI is InChI=1S/C14H15BrO/c1-10-3-5-12(6-4-10)9-13(15)14-11(2)7-8-16-14/h3-8,13H,9H2,1-2H3. The number of halogens is 1. The summed E-state index contributed by atoms with van der Waals surface area (Å²) in [7, 11) is 0. The molecule has 0 N–H and O–H groups in total. The molecule has 1 nitrogen and oxygen atoms in total. The zero-order valence-corrected chi connectivity index (χ0v) is 11.1. The third-order valence-electron chi connectivity index (χ3n) is 2.72. The Balaban J connectivity index is 2.10. The Morgan fingerprint density at radius 2 is 1.81 bits per heavy atom. The second-order valence-electron chi connectivity index (χ2n) is 4.13. The van der Waals surface area contributed by atoms with Crippen molar-refractivity contribution in [3.8, 4) is 0 Å². The number of furan rings is 1. The molecule has 2 rings (SSSR count). The van der Waals surface area contributed by atoms with Gasteiger partial charge in [-0.1, -0.05) is 45.8 Å². The summed E-state index contributed by atoms with van der Waals surface area (Å²) in [5.74, 6) is 1.03. The number of hydrogen-bond donors (Lipinski definition) is 0. The van der Waals surface area contributed by atoms with Gasteiger partial charge in [-0.2, -0.15) is 0 Å². The highest BCUT2D eigenvalue weighted by Crippen LogP contribution is 2.30. The molecule has 2 heteroatoms. The van der Waals surface area contributed by atoms with Crippen LogP contribution in [0.4, 0.5) is 0 Å². The number of alkyl halides is 1. The van der Waals surface area contributed by atoms with Crippen molar-refractivity contribution in [1.29, 1.82) is 0 Å². The van der Waals surface area contributed by atoms with E-state index in [1.165, 1.54) is 16.7 Å². The van der Waals surface area contributed by atoms with Crippen LogP contribution in [0.3, 0.4) is 0 Å². The summed E-state index contributed by atoms with van der Waals surface area (Å²) in [5, 5.41) is 0. The Bertz CT molecular complexity index is 456. The molecule has 0 radical (unpaired) electrons. The average Bonchev–Trinajstić information content (AvgIpc) is 2.68. The van der Waals surface area contributed by atoms with Crippen LogP contribution >= 0.6 is 15.9 Å². The van der Waals surface area contributed by atoms with Crippen LogP contribution in [-0.2, 0) is 6.42 Å². The van der Waals surface area contributed by atoms with Gasteiger partial charge in [-0.15, -0.1) is 0 Å². The van der Waals surface area contributed by atoms with E-state index in [0.717, 1.165) is 12.2 Å². The largest absolute Gasteiger partial charge is 0.468 e. The first-order valence-electron chi connectivity index (χ1n) is 5.40. The van der Waals surface area contributed by atoms with E-state index in [1.54, 1.807) is 6.26 Å². The maximum Gasteiger partial charge on any atom is 0.120 e. The van der Waals surface area contributed by atoms with E-state index in [2.05, 4.69) is 54.0 Å². The summed E-state index contributed by atoms with van der Waals surface area (Å²) in [5.41, 5.74) is 3.82. The minimum Gasteiger partial charge on any atom is -0.468 e. The lowest BCUT2D eigenvalue weighted by Crippen LogP contribution is -1.95. The SMILES string of the molecule is Cc1ccc(CC(Br)c2occc2C)cc1. The van der Waals surface area contributed by atoms with Gasteiger partial charge in [0.2, 0.25) is 0 Å². The van der Waals surface area contributed by atoms with Crippen molar-refractivity contribution in [2.24, 2.45) is 0 Å². The highest BCUT2D eigenvalue weighted by Gasteiger charge is 2.13. The van der Waals surface area contributed by atoms with E-state index < -0.39 is 0 Å². The van der Waals surface area contributed by atoms with E-state index in [1.807, 2.05) is 6.07 Å². The zero-order valence-electron chi connectivity index (χ0n) is 9.53. The average molecular weight is 279 g/mol. The fourth-order valence-corrected chi connectivity index (χ4v) is 2.57. The van der Waals surface area contributed by atoms with Crippen LogP contribution in [0.2, 0.25) is 0 Å². The molecular formula is C14H15BrO. The molecule has 84 valence electrons. The number of aryl methyl sites for hydroxylation is 2. The van der Waals surface area contributed by atoms with Crippen LogP contribution < -0.4 is 0 Å². The topological polar surface area (TPSA) is 13.1 Å². The summed E-state index contributed by atoms with van der Waals surface area (Å²) < 4.78 is 5.48. The molecule has 2 aromatic rings. The van der Waals surface area contributed by atoms with Gasteiger partial charge in [0.15, 0.2) is 0 Å². The molecule has 0 amide bonds. The van der Waals surface area contributed by atoms with E-state index in [4.69, 9.17) is 4.42 Å². The van der Waals surface area contributed by atoms with Gasteiger partial charge in [0.05, 0.1) is 11.1 Å². The second-order valence-corrected chi connectivity index (χ2v) is 5.23. The minimum absolute atomic E-state index is 0.255. The molecular weight excluding hydrogens is 264 g/mol. The van der Waals surface area contributed by atoms with Gasteiger partial charge in [0, 0.05) is 0 Å². The van der Waals surface area contributed by atoms with Crippen molar-refractivity contribution in [2.45, 2.75) is 25.1 Å². The molecule has 0 aliphatic carbocycles. The van der Waals surface area contributed by atoms with Crippen LogP contribution in [0.5, 0.6) is 0 Å². The van der Waals surface area contributed by atoms with Crippen molar-refractivity contribution in [1.82, 2.24) is 0 Å². The second kappa shape index (κ2) is 4.88. The lowest BCUT2D eigenvalue weighted by molar-refractivity contribution is 0.504. The van der Waals surface area contributed by atoms with Crippen LogP contribution in [0, 0.1) is 13.8 Å². The Morgan fingerprint density at radius 3 is 2.38 bits per heavy atom. The van der Waals surface area contributed by atoms with Crippen LogP contribution in [-0.4, -0.2) is 0 Å². The molecule has 0 bridgehead atoms. The summed E-state index contributed by atoms with van der Waals surface area (Å²) in [6, 6.07) is 10.6. The molecule has 0 aliphatic rings. The predicted molar refractivity (Wildman–Crippen MR) is 70.0 cm³/mol. The van der Waals surface area contributed by atoms with E-state index >= 15 is 0 Å². The third-order valence-corrected chi connectivity index (χ3v) is 3.46. The van der Waals surface area contributed by atoms with Crippen molar-refractivity contribution in [3.63, 3.8) is 0 Å². The molecule has 1 unspecified atom stereocenters. The number of rotatable bonds is 3. The smallest absolute Gasteiger partial charge is 0.120 e. The third kappa shape index (κ3) is 2.56. The molecule has 0 saturated carbocycles. The molecule has 1 atom stereocenters. The first-order valence-corrected chi connectivity index (χ1v) is 6.32. The molecule has 0 fully saturated rings. The molecule has 1 heterocycles. The Labute approximate surface area is 105 Å². The first kappa shape index (κ1) is 11.5. The fourth-order valence-electron chi connectivity index (χ4n) is 1.73. The van der Waals surface area contributed by atoms with Gasteiger partial charge in [0.25, 0.3) is 0 Å². The summed E-state index contributed by atoms with van der Waals surface area (Å²) >= 11 is 3.68. The van der Waals surface area contributed by atoms with Crippen molar-refractivity contribution in [3.05, 3.63) is 59.0 Å². The van der Waals surface area contributed by atoms with Crippen LogP contribution in [0.25, 0.3) is 0 Å². The Morgan fingerprint density at radius 1 is 1.12 bits per heavy atom. The summed E-state index contributed by atoms with van der Waals surface area (Å²) in [6.45, 7) is 4.17. The fraction of sp³-hybridized carbons (Fsp3) is 0.286. The van der Waals surface area contributed by atoms with Gasteiger partial charge < -0.3 is 4.42 Å². The lowest BCUT2D eigenvalue weighted by atomic mass is 10.1. The van der Waals surface area contributed by atoms with Crippen molar-refractivity contribution < 1.29 is 4.42 Å². The molecule has 0 saturated heterocycles. The highest BCUT2D eigenvalue weighted by molar-refractivity contribution is 9.09. The van der Waals surface area contributed by atoms with Gasteiger partial charge in [0.1, 0.15) is 5.76 Å². The van der Waals surface area contributed by atoms with Crippen molar-refractivity contribution >= 4 is 15.9 Å². The monoisotopic (exact) mass is 278 g/mol. The van der Waals surface area contributed by atoms with E-state index in [0.29, 0.717) is 0 Å².